The van der Waals surface area contributed by atoms with Gasteiger partial charge in [-0.2, -0.15) is 0 Å². The number of hydrogen-bond acceptors (Lipinski definition) is 10. The van der Waals surface area contributed by atoms with Gasteiger partial charge in [0.1, 0.15) is 0 Å². The van der Waals surface area contributed by atoms with E-state index in [1.807, 2.05) is 0 Å². The molecule has 0 saturated heterocycles. The summed E-state index contributed by atoms with van der Waals surface area (Å²) in [6.45, 7) is 1.68. The van der Waals surface area contributed by atoms with Gasteiger partial charge in [0, 0.05) is 25.0 Å². The van der Waals surface area contributed by atoms with E-state index in [9.17, 15) is 21.6 Å². The summed E-state index contributed by atoms with van der Waals surface area (Å²) in [5.74, 6) is 0.169. The molecule has 2 aromatic carbocycles. The maximum Gasteiger partial charge on any atom is 0.213 e. The molecule has 0 spiro atoms. The Kier molecular flexibility index (Phi) is 9.10. The normalized spacial score (nSPS) is 11.9. The number of sulfone groups is 2. The molecule has 0 bridgehead atoms. The summed E-state index contributed by atoms with van der Waals surface area (Å²) < 4.78 is 53.8. The molecule has 0 unspecified atom stereocenters. The van der Waals surface area contributed by atoms with E-state index in [4.69, 9.17) is 32.9 Å². The highest BCUT2D eigenvalue weighted by Gasteiger charge is 2.23. The van der Waals surface area contributed by atoms with E-state index >= 15 is 0 Å². The zero-order valence-electron chi connectivity index (χ0n) is 22.4. The van der Waals surface area contributed by atoms with Crippen molar-refractivity contribution in [2.75, 3.05) is 31.1 Å². The van der Waals surface area contributed by atoms with Gasteiger partial charge in [-0.1, -0.05) is 46.7 Å². The summed E-state index contributed by atoms with van der Waals surface area (Å²) in [5.41, 5.74) is 2.31. The van der Waals surface area contributed by atoms with Crippen LogP contribution in [0.25, 0.3) is 10.4 Å². The number of anilines is 2. The van der Waals surface area contributed by atoms with Crippen LogP contribution >= 0.6 is 34.5 Å². The van der Waals surface area contributed by atoms with Gasteiger partial charge in [-0.15, -0.1) is 0 Å². The number of aromatic nitrogens is 2. The van der Waals surface area contributed by atoms with E-state index in [2.05, 4.69) is 4.98 Å². The number of ether oxygens (including phenoxy) is 1. The first-order valence-electron chi connectivity index (χ1n) is 11.9. The van der Waals surface area contributed by atoms with Gasteiger partial charge in [0.25, 0.3) is 0 Å². The first-order chi connectivity index (χ1) is 19.2. The van der Waals surface area contributed by atoms with Crippen molar-refractivity contribution in [1.29, 1.82) is 0 Å². The van der Waals surface area contributed by atoms with Gasteiger partial charge < -0.3 is 9.64 Å². The molecule has 0 amide bonds. The predicted octanol–water partition coefficient (Wildman–Crippen LogP) is 5.59. The number of hydrogen-bond donors (Lipinski definition) is 0. The minimum atomic E-state index is -3.58. The molecule has 0 aliphatic rings. The van der Waals surface area contributed by atoms with E-state index in [1.54, 1.807) is 42.3 Å². The van der Waals surface area contributed by atoms with E-state index in [0.29, 0.717) is 38.4 Å². The van der Waals surface area contributed by atoms with Crippen molar-refractivity contribution in [1.82, 2.24) is 9.97 Å². The molecule has 9 nitrogen and oxygen atoms in total. The molecule has 216 valence electrons. The van der Waals surface area contributed by atoms with Gasteiger partial charge in [-0.3, -0.25) is 4.79 Å². The first kappa shape index (κ1) is 30.9. The smallest absolute Gasteiger partial charge is 0.213 e. The van der Waals surface area contributed by atoms with Gasteiger partial charge in [0.15, 0.2) is 30.6 Å². The van der Waals surface area contributed by atoms with Crippen molar-refractivity contribution < 1.29 is 26.4 Å². The Hall–Kier alpha value is -3.03. The molecular weight excluding hydrogens is 629 g/mol. The van der Waals surface area contributed by atoms with Crippen molar-refractivity contribution in [3.63, 3.8) is 0 Å². The number of nitrogens with zero attached hydrogens (tertiary/aromatic N) is 3. The number of thiazole rings is 1. The molecule has 14 heteroatoms. The lowest BCUT2D eigenvalue weighted by Crippen LogP contribution is -2.26. The molecule has 0 aliphatic carbocycles. The maximum absolute atomic E-state index is 13.3. The van der Waals surface area contributed by atoms with Crippen molar-refractivity contribution >= 4 is 70.8 Å². The van der Waals surface area contributed by atoms with Crippen molar-refractivity contribution in [2.24, 2.45) is 0 Å². The average molecular weight is 655 g/mol. The Balaban J connectivity index is 1.71. The average Bonchev–Trinajstić information content (AvgIpc) is 3.28. The van der Waals surface area contributed by atoms with Crippen LogP contribution in [0.5, 0.6) is 5.88 Å². The third kappa shape index (κ3) is 7.25. The second-order valence-electron chi connectivity index (χ2n) is 9.23. The third-order valence-corrected chi connectivity index (χ3v) is 10.4. The van der Waals surface area contributed by atoms with Crippen LogP contribution in [0.1, 0.15) is 11.3 Å². The highest BCUT2D eigenvalue weighted by atomic mass is 35.5. The molecule has 0 N–H and O–H groups in total. The van der Waals surface area contributed by atoms with E-state index < -0.39 is 19.7 Å². The quantitative estimate of drug-likeness (QED) is 0.215. The number of Topliss-reactive ketones (excluding diaryl/α,β-unsaturated/α-hetero) is 1. The SMILES string of the molecule is COc1ccc(N(CC(=O)Cc2ccc(Cl)c(S(C)(=O)=O)c2)c2nc(C)c(-c3ccc(Cl)c(S(C)(=O)=O)c3)s2)cn1. The lowest BCUT2D eigenvalue weighted by molar-refractivity contribution is -0.117. The van der Waals surface area contributed by atoms with E-state index in [0.717, 1.165) is 12.5 Å². The molecule has 0 saturated carbocycles. The Labute approximate surface area is 252 Å². The zero-order valence-corrected chi connectivity index (χ0v) is 26.3. The zero-order chi connectivity index (χ0) is 30.1. The van der Waals surface area contributed by atoms with Crippen LogP contribution in [0.3, 0.4) is 0 Å². The molecule has 0 atom stereocenters. The molecule has 4 aromatic rings. The second-order valence-corrected chi connectivity index (χ2v) is 15.0. The fourth-order valence-corrected chi connectivity index (χ4v) is 7.73. The minimum absolute atomic E-state index is 0.00818. The number of carbonyl (C=O) groups excluding carboxylic acids is 1. The first-order valence-corrected chi connectivity index (χ1v) is 17.3. The van der Waals surface area contributed by atoms with Crippen LogP contribution in [0.15, 0.2) is 64.5 Å². The monoisotopic (exact) mass is 653 g/mol. The molecule has 4 rings (SSSR count). The number of methoxy groups -OCH3 is 1. The summed E-state index contributed by atoms with van der Waals surface area (Å²) >= 11 is 13.5. The third-order valence-electron chi connectivity index (χ3n) is 5.98. The van der Waals surface area contributed by atoms with Crippen molar-refractivity contribution in [2.45, 2.75) is 23.1 Å². The highest BCUT2D eigenvalue weighted by Crippen LogP contribution is 2.39. The molecule has 0 fully saturated rings. The van der Waals surface area contributed by atoms with Crippen molar-refractivity contribution in [3.8, 4) is 16.3 Å². The van der Waals surface area contributed by atoms with Crippen molar-refractivity contribution in [3.05, 3.63) is 76.0 Å². The molecule has 2 aromatic heterocycles. The molecule has 41 heavy (non-hydrogen) atoms. The van der Waals surface area contributed by atoms with Gasteiger partial charge in [-0.05, 0) is 48.4 Å². The lowest BCUT2D eigenvalue weighted by Gasteiger charge is -2.21. The summed E-state index contributed by atoms with van der Waals surface area (Å²) in [4.78, 5) is 24.6. The number of benzene rings is 2. The lowest BCUT2D eigenvalue weighted by atomic mass is 10.1. The summed E-state index contributed by atoms with van der Waals surface area (Å²) in [6.07, 6.45) is 3.65. The Morgan fingerprint density at radius 2 is 1.59 bits per heavy atom. The van der Waals surface area contributed by atoms with Gasteiger partial charge in [0.05, 0.1) is 55.9 Å². The topological polar surface area (TPSA) is 124 Å². The standard InChI is InChI=1S/C27H25Cl2N3O6S3/c1-16-26(18-6-9-22(29)24(13-18)41(4,36)37)39-27(31-16)32(19-7-10-25(38-2)30-14-19)15-20(33)11-17-5-8-21(28)23(12-17)40(3,34)35/h5-10,12-14H,11,15H2,1-4H3. The highest BCUT2D eigenvalue weighted by molar-refractivity contribution is 7.91. The minimum Gasteiger partial charge on any atom is -0.481 e. The number of carbonyl (C=O) groups is 1. The summed E-state index contributed by atoms with van der Waals surface area (Å²) in [7, 11) is -5.65. The molecule has 2 heterocycles. The fourth-order valence-electron chi connectivity index (χ4n) is 4.02. The van der Waals surface area contributed by atoms with Crippen LogP contribution in [0, 0.1) is 6.92 Å². The van der Waals surface area contributed by atoms with Crippen LogP contribution in [-0.4, -0.2) is 58.8 Å². The fraction of sp³-hybridized carbons (Fsp3) is 0.222. The summed E-state index contributed by atoms with van der Waals surface area (Å²) in [6, 6.07) is 12.6. The van der Waals surface area contributed by atoms with Crippen LogP contribution in [0.4, 0.5) is 10.8 Å². The van der Waals surface area contributed by atoms with Crippen LogP contribution in [-0.2, 0) is 30.9 Å². The summed E-state index contributed by atoms with van der Waals surface area (Å²) in [5, 5.41) is 0.680. The van der Waals surface area contributed by atoms with Gasteiger partial charge in [0.2, 0.25) is 5.88 Å². The van der Waals surface area contributed by atoms with Gasteiger partial charge >= 0.3 is 0 Å². The number of aryl methyl sites for hydroxylation is 1. The number of pyridine rings is 1. The van der Waals surface area contributed by atoms with Crippen LogP contribution in [0.2, 0.25) is 10.0 Å². The second kappa shape index (κ2) is 12.1. The largest absolute Gasteiger partial charge is 0.481 e. The number of rotatable bonds is 10. The molecule has 0 radical (unpaired) electrons. The molecule has 0 aliphatic heterocycles. The number of halogens is 2. The predicted molar refractivity (Wildman–Crippen MR) is 161 cm³/mol. The number of ketones is 1. The Morgan fingerprint density at radius 1 is 0.951 bits per heavy atom. The Bertz CT molecular complexity index is 1840. The molecular formula is C27H25Cl2N3O6S3. The van der Waals surface area contributed by atoms with Crippen LogP contribution < -0.4 is 9.64 Å². The van der Waals surface area contributed by atoms with E-state index in [1.165, 1.54) is 42.7 Å². The maximum atomic E-state index is 13.3. The Morgan fingerprint density at radius 3 is 2.17 bits per heavy atom. The van der Waals surface area contributed by atoms with E-state index in [-0.39, 0.29) is 38.6 Å². The van der Waals surface area contributed by atoms with Gasteiger partial charge in [-0.25, -0.2) is 26.8 Å².